The summed E-state index contributed by atoms with van der Waals surface area (Å²) in [7, 11) is 0. The van der Waals surface area contributed by atoms with Gasteiger partial charge in [0.2, 0.25) is 0 Å². The Balaban J connectivity index is 4.55. The van der Waals surface area contributed by atoms with Crippen molar-refractivity contribution in [2.75, 3.05) is 0 Å². The molecule has 0 aliphatic rings. The fourth-order valence-electron chi connectivity index (χ4n) is 1.76. The Labute approximate surface area is 104 Å². The predicted molar refractivity (Wildman–Crippen MR) is 68.6 cm³/mol. The molecule has 0 radical (unpaired) electrons. The number of hydrogen-bond donors (Lipinski definition) is 1. The van der Waals surface area contributed by atoms with Gasteiger partial charge in [0.25, 0.3) is 0 Å². The molecular weight excluding hydrogens is 214 g/mol. The molecule has 3 heteroatoms. The van der Waals surface area contributed by atoms with Crippen LogP contribution in [0, 0.1) is 11.3 Å². The van der Waals surface area contributed by atoms with E-state index in [-0.39, 0.29) is 0 Å². The van der Waals surface area contributed by atoms with Crippen molar-refractivity contribution in [2.24, 2.45) is 0 Å². The van der Waals surface area contributed by atoms with Gasteiger partial charge in [0.15, 0.2) is 0 Å². The van der Waals surface area contributed by atoms with Gasteiger partial charge in [-0.25, -0.2) is 4.79 Å². The van der Waals surface area contributed by atoms with Gasteiger partial charge >= 0.3 is 5.97 Å². The average Bonchev–Trinajstić information content (AvgIpc) is 2.31. The van der Waals surface area contributed by atoms with Gasteiger partial charge in [-0.05, 0) is 25.7 Å². The van der Waals surface area contributed by atoms with Gasteiger partial charge in [-0.2, -0.15) is 5.26 Å². The van der Waals surface area contributed by atoms with E-state index in [4.69, 9.17) is 10.4 Å². The second-order valence-corrected chi connectivity index (χ2v) is 4.29. The van der Waals surface area contributed by atoms with Crippen LogP contribution in [0.3, 0.4) is 0 Å². The molecule has 3 nitrogen and oxygen atoms in total. The molecule has 0 saturated carbocycles. The molecule has 0 saturated heterocycles. The van der Waals surface area contributed by atoms with Crippen molar-refractivity contribution in [3.05, 3.63) is 11.1 Å². The van der Waals surface area contributed by atoms with E-state index in [2.05, 4.69) is 19.9 Å². The summed E-state index contributed by atoms with van der Waals surface area (Å²) in [6, 6.07) is 2.07. The monoisotopic (exact) mass is 237 g/mol. The molecule has 0 aromatic rings. The number of nitrogens with zero attached hydrogens (tertiary/aromatic N) is 1. The highest BCUT2D eigenvalue weighted by atomic mass is 16.4. The third-order valence-corrected chi connectivity index (χ3v) is 2.82. The number of unbranched alkanes of at least 4 members (excludes halogenated alkanes) is 4. The Hall–Kier alpha value is -1.30. The quantitative estimate of drug-likeness (QED) is 0.374. The standard InChI is InChI=1S/C14H23NO2/c1-3-5-7-9-12(11-15)13(14(16)17)10-8-6-4-2/h3-10H2,1-2H3,(H,16,17). The zero-order valence-electron chi connectivity index (χ0n) is 11.0. The minimum absolute atomic E-state index is 0.331. The molecule has 0 fully saturated rings. The summed E-state index contributed by atoms with van der Waals surface area (Å²) in [5, 5.41) is 18.2. The molecule has 96 valence electrons. The van der Waals surface area contributed by atoms with E-state index < -0.39 is 5.97 Å². The van der Waals surface area contributed by atoms with Crippen molar-refractivity contribution in [3.63, 3.8) is 0 Å². The number of aliphatic carboxylic acids is 1. The van der Waals surface area contributed by atoms with Gasteiger partial charge < -0.3 is 5.11 Å². The number of rotatable bonds is 9. The van der Waals surface area contributed by atoms with Crippen LogP contribution in [0.4, 0.5) is 0 Å². The smallest absolute Gasteiger partial charge is 0.332 e. The topological polar surface area (TPSA) is 61.1 Å². The predicted octanol–water partition coefficient (Wildman–Crippen LogP) is 4.05. The summed E-state index contributed by atoms with van der Waals surface area (Å²) in [5.74, 6) is -0.922. The lowest BCUT2D eigenvalue weighted by Gasteiger charge is -2.06. The normalized spacial score (nSPS) is 11.8. The molecule has 0 unspecified atom stereocenters. The van der Waals surface area contributed by atoms with E-state index in [1.807, 2.05) is 0 Å². The van der Waals surface area contributed by atoms with Crippen LogP contribution in [0.15, 0.2) is 11.1 Å². The molecule has 0 aliphatic carbocycles. The molecule has 0 aliphatic heterocycles. The van der Waals surface area contributed by atoms with Crippen LogP contribution in [-0.4, -0.2) is 11.1 Å². The summed E-state index contributed by atoms with van der Waals surface area (Å²) in [6.45, 7) is 4.17. The molecule has 1 N–H and O–H groups in total. The lowest BCUT2D eigenvalue weighted by atomic mass is 9.98. The molecule has 0 aromatic heterocycles. The van der Waals surface area contributed by atoms with Crippen LogP contribution in [-0.2, 0) is 4.79 Å². The van der Waals surface area contributed by atoms with Crippen molar-refractivity contribution in [2.45, 2.75) is 65.2 Å². The van der Waals surface area contributed by atoms with Crippen molar-refractivity contribution in [3.8, 4) is 6.07 Å². The van der Waals surface area contributed by atoms with E-state index in [9.17, 15) is 4.79 Å². The van der Waals surface area contributed by atoms with Crippen LogP contribution >= 0.6 is 0 Å². The Morgan fingerprint density at radius 3 is 2.00 bits per heavy atom. The summed E-state index contributed by atoms with van der Waals surface area (Å²) in [6.07, 6.45) is 7.11. The van der Waals surface area contributed by atoms with Crippen LogP contribution in [0.5, 0.6) is 0 Å². The Bertz CT molecular complexity index is 300. The molecule has 0 heterocycles. The maximum atomic E-state index is 11.1. The lowest BCUT2D eigenvalue weighted by Crippen LogP contribution is -2.04. The average molecular weight is 237 g/mol. The van der Waals surface area contributed by atoms with Crippen molar-refractivity contribution >= 4 is 5.97 Å². The first-order valence-corrected chi connectivity index (χ1v) is 6.52. The summed E-state index contributed by atoms with van der Waals surface area (Å²) < 4.78 is 0. The summed E-state index contributed by atoms with van der Waals surface area (Å²) in [4.78, 5) is 11.1. The number of carboxylic acid groups (broad SMARTS) is 1. The molecule has 0 aromatic carbocycles. The zero-order valence-corrected chi connectivity index (χ0v) is 11.0. The maximum Gasteiger partial charge on any atom is 0.332 e. The molecule has 17 heavy (non-hydrogen) atoms. The number of allylic oxidation sites excluding steroid dienone is 1. The van der Waals surface area contributed by atoms with Crippen molar-refractivity contribution in [1.82, 2.24) is 0 Å². The second kappa shape index (κ2) is 9.89. The largest absolute Gasteiger partial charge is 0.478 e. The minimum atomic E-state index is -0.922. The third kappa shape index (κ3) is 6.78. The van der Waals surface area contributed by atoms with Gasteiger partial charge in [0.1, 0.15) is 0 Å². The molecular formula is C14H23NO2. The number of carboxylic acids is 1. The van der Waals surface area contributed by atoms with Gasteiger partial charge in [-0.3, -0.25) is 0 Å². The highest BCUT2D eigenvalue weighted by Crippen LogP contribution is 2.18. The number of hydrogen-bond acceptors (Lipinski definition) is 2. The Morgan fingerprint density at radius 2 is 1.59 bits per heavy atom. The van der Waals surface area contributed by atoms with Gasteiger partial charge in [0, 0.05) is 5.57 Å². The minimum Gasteiger partial charge on any atom is -0.478 e. The van der Waals surface area contributed by atoms with Crippen molar-refractivity contribution in [1.29, 1.82) is 5.26 Å². The first-order chi connectivity index (χ1) is 8.17. The van der Waals surface area contributed by atoms with Gasteiger partial charge in [0.05, 0.1) is 11.6 Å². The van der Waals surface area contributed by atoms with Crippen LogP contribution < -0.4 is 0 Å². The molecule has 0 atom stereocenters. The summed E-state index contributed by atoms with van der Waals surface area (Å²) in [5.41, 5.74) is 0.805. The van der Waals surface area contributed by atoms with E-state index in [0.29, 0.717) is 24.0 Å². The van der Waals surface area contributed by atoms with E-state index in [1.54, 1.807) is 0 Å². The fraction of sp³-hybridized carbons (Fsp3) is 0.714. The zero-order chi connectivity index (χ0) is 13.1. The Morgan fingerprint density at radius 1 is 1.06 bits per heavy atom. The number of nitriles is 1. The molecule has 0 amide bonds. The highest BCUT2D eigenvalue weighted by molar-refractivity contribution is 5.88. The molecule has 0 bridgehead atoms. The van der Waals surface area contributed by atoms with Crippen molar-refractivity contribution < 1.29 is 9.90 Å². The number of carbonyl (C=O) groups is 1. The van der Waals surface area contributed by atoms with Crippen LogP contribution in [0.25, 0.3) is 0 Å². The Kier molecular flexibility index (Phi) is 9.14. The first kappa shape index (κ1) is 15.7. The van der Waals surface area contributed by atoms with E-state index >= 15 is 0 Å². The fourth-order valence-corrected chi connectivity index (χ4v) is 1.76. The van der Waals surface area contributed by atoms with Gasteiger partial charge in [-0.15, -0.1) is 0 Å². The third-order valence-electron chi connectivity index (χ3n) is 2.82. The van der Waals surface area contributed by atoms with E-state index in [0.717, 1.165) is 38.5 Å². The summed E-state index contributed by atoms with van der Waals surface area (Å²) >= 11 is 0. The molecule has 0 rings (SSSR count). The van der Waals surface area contributed by atoms with E-state index in [1.165, 1.54) is 0 Å². The first-order valence-electron chi connectivity index (χ1n) is 6.52. The van der Waals surface area contributed by atoms with Crippen LogP contribution in [0.2, 0.25) is 0 Å². The van der Waals surface area contributed by atoms with Crippen LogP contribution in [0.1, 0.15) is 65.2 Å². The van der Waals surface area contributed by atoms with Gasteiger partial charge in [-0.1, -0.05) is 39.5 Å². The SMILES string of the molecule is CCCCCC(C#N)=C(CCCCC)C(=O)O. The second-order valence-electron chi connectivity index (χ2n) is 4.29. The maximum absolute atomic E-state index is 11.1. The lowest BCUT2D eigenvalue weighted by molar-refractivity contribution is -0.132. The molecule has 0 spiro atoms. The highest BCUT2D eigenvalue weighted by Gasteiger charge is 2.13.